The van der Waals surface area contributed by atoms with Gasteiger partial charge in [-0.3, -0.25) is 4.79 Å². The Morgan fingerprint density at radius 2 is 1.74 bits per heavy atom. The Kier molecular flexibility index (Phi) is 7.33. The van der Waals surface area contributed by atoms with Crippen LogP contribution in [0.4, 0.5) is 32.2 Å². The molecule has 0 spiro atoms. The molecule has 0 unspecified atom stereocenters. The monoisotopic (exact) mass is 503 g/mol. The fourth-order valence-electron chi connectivity index (χ4n) is 3.67. The van der Waals surface area contributed by atoms with E-state index in [9.17, 15) is 31.1 Å². The summed E-state index contributed by atoms with van der Waals surface area (Å²) in [6, 6.07) is 5.75. The normalized spacial score (nSPS) is 18.2. The highest BCUT2D eigenvalue weighted by Gasteiger charge is 2.38. The van der Waals surface area contributed by atoms with Crippen LogP contribution in [0.5, 0.6) is 0 Å². The van der Waals surface area contributed by atoms with Crippen molar-refractivity contribution in [3.05, 3.63) is 69.4 Å². The van der Waals surface area contributed by atoms with Gasteiger partial charge in [0.1, 0.15) is 11.6 Å². The van der Waals surface area contributed by atoms with Crippen molar-refractivity contribution in [3.8, 4) is 0 Å². The number of piperidine rings is 1. The smallest absolute Gasteiger partial charge is 0.475 e. The highest BCUT2D eigenvalue weighted by Crippen LogP contribution is 2.32. The number of carboxylic acids is 1. The first-order valence-corrected chi connectivity index (χ1v) is 10.1. The number of anilines is 1. The maximum absolute atomic E-state index is 14.1. The molecule has 2 aromatic heterocycles. The van der Waals surface area contributed by atoms with Crippen molar-refractivity contribution in [2.45, 2.75) is 31.5 Å². The van der Waals surface area contributed by atoms with Crippen molar-refractivity contribution in [1.82, 2.24) is 14.6 Å². The van der Waals surface area contributed by atoms with Crippen LogP contribution in [0.2, 0.25) is 0 Å². The SMILES string of the molecule is Cc1cc(=O)n2nc(N3CC[C@H](c4cc(F)c(F)cc4F)[C@@H](N)C3)ccc2n1.O=C(O)C(F)(F)F. The van der Waals surface area contributed by atoms with Crippen LogP contribution in [0.1, 0.15) is 23.6 Å². The molecule has 0 bridgehead atoms. The molecule has 1 aliphatic rings. The Hall–Kier alpha value is -3.68. The topological polar surface area (TPSA) is 114 Å². The molecule has 1 aromatic carbocycles. The zero-order valence-corrected chi connectivity index (χ0v) is 18.1. The maximum atomic E-state index is 14.1. The van der Waals surface area contributed by atoms with E-state index >= 15 is 0 Å². The summed E-state index contributed by atoms with van der Waals surface area (Å²) in [4.78, 5) is 27.2. The first-order chi connectivity index (χ1) is 16.3. The van der Waals surface area contributed by atoms with E-state index in [1.165, 1.54) is 10.6 Å². The van der Waals surface area contributed by atoms with Gasteiger partial charge >= 0.3 is 12.1 Å². The van der Waals surface area contributed by atoms with Crippen molar-refractivity contribution in [2.75, 3.05) is 18.0 Å². The molecule has 1 fully saturated rings. The van der Waals surface area contributed by atoms with E-state index in [1.807, 2.05) is 4.90 Å². The van der Waals surface area contributed by atoms with Gasteiger partial charge in [0.15, 0.2) is 17.3 Å². The molecule has 3 aromatic rings. The number of nitrogens with two attached hydrogens (primary N) is 1. The van der Waals surface area contributed by atoms with Gasteiger partial charge in [-0.1, -0.05) is 0 Å². The number of carbonyl (C=O) groups is 1. The number of benzene rings is 1. The minimum atomic E-state index is -5.08. The lowest BCUT2D eigenvalue weighted by Gasteiger charge is -2.37. The summed E-state index contributed by atoms with van der Waals surface area (Å²) in [6.07, 6.45) is -4.65. The summed E-state index contributed by atoms with van der Waals surface area (Å²) in [5.74, 6) is -5.78. The number of halogens is 6. The fourth-order valence-corrected chi connectivity index (χ4v) is 3.67. The zero-order valence-electron chi connectivity index (χ0n) is 18.1. The molecule has 8 nitrogen and oxygen atoms in total. The van der Waals surface area contributed by atoms with Crippen LogP contribution in [0.25, 0.3) is 5.65 Å². The first kappa shape index (κ1) is 25.9. The highest BCUT2D eigenvalue weighted by atomic mass is 19.4. The van der Waals surface area contributed by atoms with Gasteiger partial charge in [-0.2, -0.15) is 17.7 Å². The minimum Gasteiger partial charge on any atom is -0.475 e. The van der Waals surface area contributed by atoms with E-state index in [4.69, 9.17) is 15.6 Å². The molecule has 14 heteroatoms. The second-order valence-electron chi connectivity index (χ2n) is 7.79. The fraction of sp³-hybridized carbons (Fsp3) is 0.333. The summed E-state index contributed by atoms with van der Waals surface area (Å²) in [7, 11) is 0. The van der Waals surface area contributed by atoms with Gasteiger partial charge in [0.05, 0.1) is 0 Å². The average Bonchev–Trinajstić information content (AvgIpc) is 2.76. The van der Waals surface area contributed by atoms with Crippen LogP contribution in [0.3, 0.4) is 0 Å². The van der Waals surface area contributed by atoms with E-state index in [-0.39, 0.29) is 11.1 Å². The molecule has 1 aliphatic heterocycles. The maximum Gasteiger partial charge on any atom is 0.490 e. The van der Waals surface area contributed by atoms with Crippen molar-refractivity contribution < 1.29 is 36.2 Å². The van der Waals surface area contributed by atoms with Gasteiger partial charge in [-0.05, 0) is 37.1 Å². The molecule has 0 aliphatic carbocycles. The summed E-state index contributed by atoms with van der Waals surface area (Å²) in [5.41, 5.74) is 7.07. The number of aliphatic carboxylic acids is 1. The molecule has 35 heavy (non-hydrogen) atoms. The Balaban J connectivity index is 0.000000429. The molecule has 0 radical (unpaired) electrons. The molecular formula is C21H19F6N5O3. The predicted molar refractivity (Wildman–Crippen MR) is 112 cm³/mol. The number of nitrogens with zero attached hydrogens (tertiary/aromatic N) is 4. The molecule has 3 N–H and O–H groups in total. The summed E-state index contributed by atoms with van der Waals surface area (Å²) >= 11 is 0. The lowest BCUT2D eigenvalue weighted by atomic mass is 9.85. The van der Waals surface area contributed by atoms with Gasteiger partial charge in [-0.15, -0.1) is 5.10 Å². The first-order valence-electron chi connectivity index (χ1n) is 10.1. The standard InChI is InChI=1S/C19H18F3N5O.C2HF3O2/c1-10-6-19(28)27-17(24-10)2-3-18(25-27)26-5-4-11(16(23)9-26)12-7-14(21)15(22)8-13(12)20;3-2(4,5)1(6)7/h2-3,6-8,11,16H,4-5,9,23H2,1H3;(H,6,7)/t11-,16+;/m1./s1. The third kappa shape index (κ3) is 5.88. The second kappa shape index (κ2) is 9.90. The summed E-state index contributed by atoms with van der Waals surface area (Å²) in [6.45, 7) is 2.54. The lowest BCUT2D eigenvalue weighted by Crippen LogP contribution is -2.48. The summed E-state index contributed by atoms with van der Waals surface area (Å²) < 4.78 is 73.8. The molecule has 0 saturated carbocycles. The van der Waals surface area contributed by atoms with Gasteiger partial charge < -0.3 is 15.7 Å². The molecule has 4 rings (SSSR count). The highest BCUT2D eigenvalue weighted by molar-refractivity contribution is 5.73. The van der Waals surface area contributed by atoms with Crippen molar-refractivity contribution in [2.24, 2.45) is 5.73 Å². The quantitative estimate of drug-likeness (QED) is 0.408. The Labute approximate surface area is 193 Å². The number of hydrogen-bond donors (Lipinski definition) is 2. The van der Waals surface area contributed by atoms with Crippen LogP contribution >= 0.6 is 0 Å². The lowest BCUT2D eigenvalue weighted by molar-refractivity contribution is -0.192. The summed E-state index contributed by atoms with van der Waals surface area (Å²) in [5, 5.41) is 11.5. The molecule has 2 atom stereocenters. The molecular weight excluding hydrogens is 484 g/mol. The van der Waals surface area contributed by atoms with E-state index in [0.29, 0.717) is 42.7 Å². The van der Waals surface area contributed by atoms with Crippen LogP contribution < -0.4 is 16.2 Å². The van der Waals surface area contributed by atoms with Crippen LogP contribution in [-0.2, 0) is 4.79 Å². The van der Waals surface area contributed by atoms with E-state index < -0.39 is 41.6 Å². The van der Waals surface area contributed by atoms with Gasteiger partial charge in [0.2, 0.25) is 0 Å². The van der Waals surface area contributed by atoms with Crippen molar-refractivity contribution in [1.29, 1.82) is 0 Å². The van der Waals surface area contributed by atoms with Gasteiger partial charge in [-0.25, -0.2) is 22.9 Å². The number of carboxylic acid groups (broad SMARTS) is 1. The van der Waals surface area contributed by atoms with Crippen molar-refractivity contribution >= 4 is 17.4 Å². The van der Waals surface area contributed by atoms with Gasteiger partial charge in [0.25, 0.3) is 5.56 Å². The molecule has 0 amide bonds. The predicted octanol–water partition coefficient (Wildman–Crippen LogP) is 2.77. The molecule has 3 heterocycles. The number of aryl methyl sites for hydroxylation is 1. The van der Waals surface area contributed by atoms with Gasteiger partial charge in [0, 0.05) is 42.9 Å². The number of hydrogen-bond acceptors (Lipinski definition) is 6. The molecule has 188 valence electrons. The Morgan fingerprint density at radius 1 is 1.11 bits per heavy atom. The minimum absolute atomic E-state index is 0.0772. The van der Waals surface area contributed by atoms with E-state index in [0.717, 1.165) is 6.07 Å². The number of fused-ring (bicyclic) bond motifs is 1. The zero-order chi connectivity index (χ0) is 26.1. The van der Waals surface area contributed by atoms with E-state index in [2.05, 4.69) is 10.1 Å². The number of alkyl halides is 3. The number of rotatable bonds is 2. The third-order valence-corrected chi connectivity index (χ3v) is 5.30. The third-order valence-electron chi connectivity index (χ3n) is 5.30. The average molecular weight is 503 g/mol. The van der Waals surface area contributed by atoms with Crippen LogP contribution in [0, 0.1) is 24.4 Å². The second-order valence-corrected chi connectivity index (χ2v) is 7.79. The Bertz CT molecular complexity index is 1310. The van der Waals surface area contributed by atoms with Crippen LogP contribution in [0.15, 0.2) is 35.1 Å². The largest absolute Gasteiger partial charge is 0.490 e. The Morgan fingerprint density at radius 3 is 2.34 bits per heavy atom. The molecule has 1 saturated heterocycles. The van der Waals surface area contributed by atoms with Crippen LogP contribution in [-0.4, -0.2) is 51.0 Å². The van der Waals surface area contributed by atoms with Crippen molar-refractivity contribution in [3.63, 3.8) is 0 Å². The number of aromatic nitrogens is 3. The van der Waals surface area contributed by atoms with E-state index in [1.54, 1.807) is 19.1 Å².